The van der Waals surface area contributed by atoms with Gasteiger partial charge in [0.25, 0.3) is 5.91 Å². The molecule has 49 heavy (non-hydrogen) atoms. The van der Waals surface area contributed by atoms with Crippen molar-refractivity contribution in [1.29, 1.82) is 0 Å². The Morgan fingerprint density at radius 2 is 1.67 bits per heavy atom. The van der Waals surface area contributed by atoms with Gasteiger partial charge in [-0.05, 0) is 87.4 Å². The van der Waals surface area contributed by atoms with E-state index in [0.29, 0.717) is 62.7 Å². The lowest BCUT2D eigenvalue weighted by atomic mass is 10.00. The van der Waals surface area contributed by atoms with Gasteiger partial charge in [-0.2, -0.15) is 0 Å². The third-order valence-corrected chi connectivity index (χ3v) is 10.7. The van der Waals surface area contributed by atoms with Gasteiger partial charge in [-0.25, -0.2) is 14.4 Å². The van der Waals surface area contributed by atoms with Crippen molar-refractivity contribution in [3.8, 4) is 0 Å². The molecule has 3 aromatic rings. The Morgan fingerprint density at radius 3 is 2.49 bits per heavy atom. The average molecular weight is 674 g/mol. The molecule has 0 radical (unpaired) electrons. The number of para-hydroxylation sites is 1. The van der Waals surface area contributed by atoms with Crippen LogP contribution in [0, 0.1) is 6.92 Å². The SMILES string of the molecule is Cc1cc(CC(OC(=O)N2CCC(N3CCc4ccccc4NC3=O)CC2)C(=O)N2CCC(N3CCCNCC3)CC2)cc2oc(=O)[nH]c12. The number of aryl methyl sites for hydroxylation is 1. The third kappa shape index (κ3) is 7.47. The van der Waals surface area contributed by atoms with Crippen LogP contribution in [0.4, 0.5) is 15.3 Å². The number of urea groups is 1. The zero-order valence-electron chi connectivity index (χ0n) is 28.2. The van der Waals surface area contributed by atoms with Crippen molar-refractivity contribution in [2.75, 3.05) is 64.2 Å². The highest BCUT2D eigenvalue weighted by Crippen LogP contribution is 2.26. The van der Waals surface area contributed by atoms with Gasteiger partial charge in [0.15, 0.2) is 11.7 Å². The number of carbonyl (C=O) groups is 3. The summed E-state index contributed by atoms with van der Waals surface area (Å²) in [5, 5.41) is 6.51. The van der Waals surface area contributed by atoms with Crippen LogP contribution in [0.5, 0.6) is 0 Å². The van der Waals surface area contributed by atoms with Crippen LogP contribution >= 0.6 is 0 Å². The third-order valence-electron chi connectivity index (χ3n) is 10.7. The van der Waals surface area contributed by atoms with E-state index in [0.717, 1.165) is 74.2 Å². The van der Waals surface area contributed by atoms with Gasteiger partial charge in [0.1, 0.15) is 0 Å². The predicted molar refractivity (Wildman–Crippen MR) is 185 cm³/mol. The quantitative estimate of drug-likeness (QED) is 0.362. The standard InChI is InChI=1S/C36H47N7O6/c1-24-21-25(22-30-32(24)39-35(46)48-30)23-31(33(44)41-15-8-27(9-16-41)40-14-4-12-37-13-20-40)49-36(47)42-17-10-28(11-18-42)43-19-7-26-5-2-3-6-29(26)38-34(43)45/h2-3,5-6,21-22,27-28,31,37H,4,7-20,23H2,1H3,(H,38,45)(H,39,46). The molecule has 3 fully saturated rings. The van der Waals surface area contributed by atoms with Crippen molar-refractivity contribution in [1.82, 2.24) is 29.9 Å². The molecule has 1 aromatic heterocycles. The summed E-state index contributed by atoms with van der Waals surface area (Å²) in [4.78, 5) is 63.4. The molecule has 0 saturated carbocycles. The van der Waals surface area contributed by atoms with Gasteiger partial charge in [-0.1, -0.05) is 24.3 Å². The summed E-state index contributed by atoms with van der Waals surface area (Å²) in [7, 11) is 0. The predicted octanol–water partition coefficient (Wildman–Crippen LogP) is 3.32. The Kier molecular flexibility index (Phi) is 9.90. The number of aromatic amines is 1. The molecule has 7 rings (SSSR count). The zero-order valence-corrected chi connectivity index (χ0v) is 28.2. The van der Waals surface area contributed by atoms with Gasteiger partial charge in [0.05, 0.1) is 5.52 Å². The number of nitrogens with zero attached hydrogens (tertiary/aromatic N) is 4. The van der Waals surface area contributed by atoms with E-state index in [1.165, 1.54) is 0 Å². The Hall–Kier alpha value is -4.36. The summed E-state index contributed by atoms with van der Waals surface area (Å²) in [6.45, 7) is 8.67. The second-order valence-electron chi connectivity index (χ2n) is 13.8. The lowest BCUT2D eigenvalue weighted by molar-refractivity contribution is -0.142. The highest BCUT2D eigenvalue weighted by Gasteiger charge is 2.36. The van der Waals surface area contributed by atoms with Crippen LogP contribution in [0.3, 0.4) is 0 Å². The molecule has 0 bridgehead atoms. The number of ether oxygens (including phenoxy) is 1. The molecule has 0 aliphatic carbocycles. The Morgan fingerprint density at radius 1 is 0.918 bits per heavy atom. The number of carbonyl (C=O) groups excluding carboxylic acids is 3. The minimum absolute atomic E-state index is 0.00257. The summed E-state index contributed by atoms with van der Waals surface area (Å²) in [5.41, 5.74) is 4.55. The second-order valence-corrected chi connectivity index (χ2v) is 13.8. The van der Waals surface area contributed by atoms with E-state index in [1.807, 2.05) is 47.1 Å². The van der Waals surface area contributed by atoms with Gasteiger partial charge in [0, 0.05) is 70.0 Å². The molecule has 0 spiro atoms. The van der Waals surface area contributed by atoms with Crippen LogP contribution in [0.1, 0.15) is 48.8 Å². The van der Waals surface area contributed by atoms with E-state index >= 15 is 0 Å². The first-order chi connectivity index (χ1) is 23.8. The number of aromatic nitrogens is 1. The lowest BCUT2D eigenvalue weighted by Gasteiger charge is -2.39. The van der Waals surface area contributed by atoms with Crippen LogP contribution < -0.4 is 16.4 Å². The molecule has 3 N–H and O–H groups in total. The number of hydrogen-bond donors (Lipinski definition) is 3. The van der Waals surface area contributed by atoms with Crippen molar-refractivity contribution in [3.05, 3.63) is 63.6 Å². The van der Waals surface area contributed by atoms with Gasteiger partial charge >= 0.3 is 17.9 Å². The van der Waals surface area contributed by atoms with Crippen molar-refractivity contribution in [2.24, 2.45) is 0 Å². The zero-order chi connectivity index (χ0) is 33.9. The minimum Gasteiger partial charge on any atom is -0.436 e. The monoisotopic (exact) mass is 673 g/mol. The van der Waals surface area contributed by atoms with Crippen molar-refractivity contribution in [2.45, 2.75) is 70.1 Å². The molecular weight excluding hydrogens is 626 g/mol. The van der Waals surface area contributed by atoms with Gasteiger partial charge in [0.2, 0.25) is 0 Å². The van der Waals surface area contributed by atoms with Crippen LogP contribution in [-0.4, -0.2) is 120 Å². The molecular formula is C36H47N7O6. The molecule has 1 atom stereocenters. The lowest BCUT2D eigenvalue weighted by Crippen LogP contribution is -2.52. The highest BCUT2D eigenvalue weighted by atomic mass is 16.6. The maximum Gasteiger partial charge on any atom is 0.417 e. The largest absolute Gasteiger partial charge is 0.436 e. The maximum absolute atomic E-state index is 14.1. The van der Waals surface area contributed by atoms with Gasteiger partial charge in [-0.15, -0.1) is 0 Å². The fourth-order valence-electron chi connectivity index (χ4n) is 7.99. The molecule has 1 unspecified atom stereocenters. The molecule has 4 amide bonds. The molecule has 2 aromatic carbocycles. The minimum atomic E-state index is -1.03. The molecule has 262 valence electrons. The number of rotatable bonds is 6. The van der Waals surface area contributed by atoms with Crippen LogP contribution in [0.15, 0.2) is 45.6 Å². The molecule has 5 heterocycles. The van der Waals surface area contributed by atoms with Crippen LogP contribution in [0.2, 0.25) is 0 Å². The molecule has 13 nitrogen and oxygen atoms in total. The summed E-state index contributed by atoms with van der Waals surface area (Å²) in [5.74, 6) is -0.740. The number of H-pyrrole nitrogens is 1. The number of anilines is 1. The number of benzene rings is 2. The summed E-state index contributed by atoms with van der Waals surface area (Å²) < 4.78 is 11.4. The number of fused-ring (bicyclic) bond motifs is 2. The normalized spacial score (nSPS) is 20.8. The molecule has 13 heteroatoms. The summed E-state index contributed by atoms with van der Waals surface area (Å²) in [6.07, 6.45) is 3.52. The molecule has 4 aliphatic heterocycles. The van der Waals surface area contributed by atoms with Gasteiger partial charge in [-0.3, -0.25) is 14.7 Å². The number of likely N-dealkylation sites (tertiary alicyclic amines) is 2. The Bertz CT molecular complexity index is 1710. The fraction of sp³-hybridized carbons (Fsp3) is 0.556. The number of oxazole rings is 1. The van der Waals surface area contributed by atoms with E-state index in [1.54, 1.807) is 11.0 Å². The van der Waals surface area contributed by atoms with Gasteiger partial charge < -0.3 is 34.5 Å². The topological polar surface area (TPSA) is 143 Å². The summed E-state index contributed by atoms with van der Waals surface area (Å²) >= 11 is 0. The van der Waals surface area contributed by atoms with Crippen molar-refractivity contribution < 1.29 is 23.5 Å². The first-order valence-corrected chi connectivity index (χ1v) is 17.8. The second kappa shape index (κ2) is 14.6. The highest BCUT2D eigenvalue weighted by molar-refractivity contribution is 5.91. The van der Waals surface area contributed by atoms with Crippen molar-refractivity contribution in [3.63, 3.8) is 0 Å². The van der Waals surface area contributed by atoms with E-state index in [9.17, 15) is 19.2 Å². The fourth-order valence-corrected chi connectivity index (χ4v) is 7.99. The van der Waals surface area contributed by atoms with E-state index in [2.05, 4.69) is 20.5 Å². The van der Waals surface area contributed by atoms with E-state index in [4.69, 9.17) is 9.15 Å². The first-order valence-electron chi connectivity index (χ1n) is 17.8. The molecule has 4 aliphatic rings. The van der Waals surface area contributed by atoms with Crippen molar-refractivity contribution >= 4 is 34.8 Å². The summed E-state index contributed by atoms with van der Waals surface area (Å²) in [6, 6.07) is 11.8. The average Bonchev–Trinajstić information content (AvgIpc) is 3.25. The Balaban J connectivity index is 1.01. The smallest absolute Gasteiger partial charge is 0.417 e. The maximum atomic E-state index is 14.1. The molecule has 3 saturated heterocycles. The number of hydrogen-bond acceptors (Lipinski definition) is 8. The number of nitrogens with one attached hydrogen (secondary N) is 3. The van der Waals surface area contributed by atoms with Crippen LogP contribution in [0.25, 0.3) is 11.1 Å². The Labute approximate surface area is 285 Å². The number of piperidine rings is 2. The van der Waals surface area contributed by atoms with E-state index < -0.39 is 18.0 Å². The van der Waals surface area contributed by atoms with E-state index in [-0.39, 0.29) is 24.4 Å². The number of amides is 4. The van der Waals surface area contributed by atoms with Crippen LogP contribution in [-0.2, 0) is 22.4 Å². The first kappa shape index (κ1) is 33.2.